The summed E-state index contributed by atoms with van der Waals surface area (Å²) in [6.07, 6.45) is 3.22. The van der Waals surface area contributed by atoms with E-state index >= 15 is 0 Å². The van der Waals surface area contributed by atoms with E-state index in [1.165, 1.54) is 19.2 Å². The Morgan fingerprint density at radius 3 is 2.00 bits per heavy atom. The van der Waals surface area contributed by atoms with Crippen LogP contribution in [0.1, 0.15) is 91.5 Å². The second-order valence-electron chi connectivity index (χ2n) is 10.3. The van der Waals surface area contributed by atoms with Crippen LogP contribution in [-0.2, 0) is 35.1 Å². The first-order valence-corrected chi connectivity index (χ1v) is 13.8. The molecule has 1 aromatic rings. The fourth-order valence-corrected chi connectivity index (χ4v) is 3.42. The van der Waals surface area contributed by atoms with Gasteiger partial charge in [-0.15, -0.1) is 0 Å². The number of carbonyl (C=O) groups is 5. The molecule has 0 fully saturated rings. The van der Waals surface area contributed by atoms with Crippen LogP contribution < -0.4 is 20.1 Å². The fraction of sp³-hybridized carbons (Fsp3) is 0.621. The zero-order valence-corrected chi connectivity index (χ0v) is 24.6. The highest BCUT2D eigenvalue weighted by Gasteiger charge is 2.24. The second kappa shape index (κ2) is 17.9. The summed E-state index contributed by atoms with van der Waals surface area (Å²) in [5.41, 5.74) is -0.0772. The Morgan fingerprint density at radius 1 is 0.850 bits per heavy atom. The lowest BCUT2D eigenvalue weighted by atomic mass is 10.0. The third kappa shape index (κ3) is 14.5. The highest BCUT2D eigenvalue weighted by Crippen LogP contribution is 2.30. The second-order valence-corrected chi connectivity index (χ2v) is 10.3. The number of benzene rings is 1. The Balaban J connectivity index is 2.91. The van der Waals surface area contributed by atoms with Crippen molar-refractivity contribution in [2.24, 2.45) is 0 Å². The van der Waals surface area contributed by atoms with Crippen LogP contribution >= 0.6 is 0 Å². The van der Waals surface area contributed by atoms with E-state index in [0.29, 0.717) is 24.8 Å². The molecule has 0 saturated carbocycles. The molecule has 2 N–H and O–H groups in total. The minimum atomic E-state index is -1.02. The van der Waals surface area contributed by atoms with Gasteiger partial charge < -0.3 is 29.6 Å². The molecule has 0 aromatic heterocycles. The zero-order chi connectivity index (χ0) is 30.1. The van der Waals surface area contributed by atoms with Crippen molar-refractivity contribution in [3.63, 3.8) is 0 Å². The predicted molar refractivity (Wildman–Crippen MR) is 148 cm³/mol. The maximum Gasteiger partial charge on any atom is 0.407 e. The first-order chi connectivity index (χ1) is 18.9. The number of methoxy groups -OCH3 is 1. The molecule has 0 aliphatic heterocycles. The molecule has 224 valence electrons. The summed E-state index contributed by atoms with van der Waals surface area (Å²) in [6, 6.07) is 3.62. The highest BCUT2D eigenvalue weighted by molar-refractivity contribution is 5.84. The molecule has 0 heterocycles. The van der Waals surface area contributed by atoms with Gasteiger partial charge in [-0.3, -0.25) is 14.4 Å². The molecule has 0 aliphatic carbocycles. The number of alkyl carbamates (subject to hydrolysis) is 1. The molecule has 11 heteroatoms. The minimum absolute atomic E-state index is 0.0398. The van der Waals surface area contributed by atoms with Crippen LogP contribution in [0.3, 0.4) is 0 Å². The van der Waals surface area contributed by atoms with Gasteiger partial charge in [-0.1, -0.05) is 32.8 Å². The largest absolute Gasteiger partial charge is 0.467 e. The lowest BCUT2D eigenvalue weighted by Crippen LogP contribution is -2.43. The lowest BCUT2D eigenvalue weighted by Gasteiger charge is -2.20. The number of unbranched alkanes of at least 4 members (excludes halogenated alkanes) is 2. The number of amides is 2. The van der Waals surface area contributed by atoms with Gasteiger partial charge in [0.2, 0.25) is 5.91 Å². The summed E-state index contributed by atoms with van der Waals surface area (Å²) >= 11 is 0. The van der Waals surface area contributed by atoms with Gasteiger partial charge in [-0.25, -0.2) is 9.59 Å². The first-order valence-electron chi connectivity index (χ1n) is 13.8. The molecule has 0 aliphatic rings. The van der Waals surface area contributed by atoms with Crippen LogP contribution in [-0.4, -0.2) is 55.2 Å². The third-order valence-corrected chi connectivity index (χ3v) is 5.43. The molecule has 0 radical (unpaired) electrons. The van der Waals surface area contributed by atoms with Crippen molar-refractivity contribution in [3.8, 4) is 11.5 Å². The number of esters is 3. The Labute approximate surface area is 236 Å². The van der Waals surface area contributed by atoms with Gasteiger partial charge >= 0.3 is 24.0 Å². The standard InChI is InChI=1S/C29H44N2O9/c1-7-9-13-25(33)38-22-16-15-20(19-23(22)39-26(34)14-10-8-2)18-21(27(35)37-6)31-24(32)12-11-17-30-28(36)40-29(3,4)5/h15-16,19,21H,7-14,17-18H2,1-6H3,(H,30,36)(H,31,32). The van der Waals surface area contributed by atoms with E-state index in [1.54, 1.807) is 26.8 Å². The first kappa shape index (κ1) is 34.4. The minimum Gasteiger partial charge on any atom is -0.467 e. The summed E-state index contributed by atoms with van der Waals surface area (Å²) in [4.78, 5) is 61.2. The Kier molecular flexibility index (Phi) is 15.4. The highest BCUT2D eigenvalue weighted by atomic mass is 16.6. The van der Waals surface area contributed by atoms with Gasteiger partial charge in [-0.05, 0) is 57.7 Å². The molecule has 2 amide bonds. The Morgan fingerprint density at radius 2 is 1.45 bits per heavy atom. The van der Waals surface area contributed by atoms with Gasteiger partial charge in [0.25, 0.3) is 0 Å². The van der Waals surface area contributed by atoms with Gasteiger partial charge in [0.1, 0.15) is 11.6 Å². The number of hydrogen-bond acceptors (Lipinski definition) is 9. The van der Waals surface area contributed by atoms with Gasteiger partial charge in [-0.2, -0.15) is 0 Å². The number of carbonyl (C=O) groups excluding carboxylic acids is 5. The van der Waals surface area contributed by atoms with E-state index in [9.17, 15) is 24.0 Å². The summed E-state index contributed by atoms with van der Waals surface area (Å²) in [5, 5.41) is 5.23. The van der Waals surface area contributed by atoms with E-state index in [-0.39, 0.29) is 43.7 Å². The van der Waals surface area contributed by atoms with Crippen LogP contribution in [0.25, 0.3) is 0 Å². The van der Waals surface area contributed by atoms with Gasteiger partial charge in [0.15, 0.2) is 11.5 Å². The van der Waals surface area contributed by atoms with E-state index in [4.69, 9.17) is 18.9 Å². The summed E-state index contributed by atoms with van der Waals surface area (Å²) in [5.74, 6) is -1.81. The van der Waals surface area contributed by atoms with Crippen molar-refractivity contribution < 1.29 is 42.9 Å². The van der Waals surface area contributed by atoms with E-state index in [0.717, 1.165) is 12.8 Å². The lowest BCUT2D eigenvalue weighted by molar-refractivity contribution is -0.145. The van der Waals surface area contributed by atoms with Crippen LogP contribution in [0.5, 0.6) is 11.5 Å². The molecule has 1 atom stereocenters. The molecule has 11 nitrogen and oxygen atoms in total. The van der Waals surface area contributed by atoms with Crippen molar-refractivity contribution in [2.45, 2.75) is 104 Å². The van der Waals surface area contributed by atoms with Gasteiger partial charge in [0, 0.05) is 32.2 Å². The van der Waals surface area contributed by atoms with Crippen molar-refractivity contribution in [1.29, 1.82) is 0 Å². The summed E-state index contributed by atoms with van der Waals surface area (Å²) < 4.78 is 20.9. The summed E-state index contributed by atoms with van der Waals surface area (Å²) in [6.45, 7) is 9.38. The average Bonchev–Trinajstić information content (AvgIpc) is 2.88. The Hall–Kier alpha value is -3.63. The smallest absolute Gasteiger partial charge is 0.407 e. The number of rotatable bonds is 16. The van der Waals surface area contributed by atoms with Crippen LogP contribution in [0.15, 0.2) is 18.2 Å². The Bertz CT molecular complexity index is 1000. The average molecular weight is 565 g/mol. The van der Waals surface area contributed by atoms with Crippen LogP contribution in [0, 0.1) is 0 Å². The SMILES string of the molecule is CCCCC(=O)Oc1ccc(CC(NC(=O)CCCNC(=O)OC(C)(C)C)C(=O)OC)cc1OC(=O)CCCC. The molecule has 1 aromatic carbocycles. The normalized spacial score (nSPS) is 11.7. The number of nitrogens with one attached hydrogen (secondary N) is 2. The van der Waals surface area contributed by atoms with Crippen LogP contribution in [0.4, 0.5) is 4.79 Å². The van der Waals surface area contributed by atoms with Crippen molar-refractivity contribution in [1.82, 2.24) is 10.6 Å². The topological polar surface area (TPSA) is 146 Å². The molecule has 0 spiro atoms. The van der Waals surface area contributed by atoms with Crippen molar-refractivity contribution in [2.75, 3.05) is 13.7 Å². The van der Waals surface area contributed by atoms with E-state index < -0.39 is 41.6 Å². The zero-order valence-electron chi connectivity index (χ0n) is 24.6. The third-order valence-electron chi connectivity index (χ3n) is 5.43. The molecule has 0 saturated heterocycles. The van der Waals surface area contributed by atoms with Crippen molar-refractivity contribution in [3.05, 3.63) is 23.8 Å². The molecular formula is C29H44N2O9. The molecule has 40 heavy (non-hydrogen) atoms. The monoisotopic (exact) mass is 564 g/mol. The number of hydrogen-bond donors (Lipinski definition) is 2. The molecular weight excluding hydrogens is 520 g/mol. The van der Waals surface area contributed by atoms with Gasteiger partial charge in [0.05, 0.1) is 7.11 Å². The predicted octanol–water partition coefficient (Wildman–Crippen LogP) is 4.38. The van der Waals surface area contributed by atoms with E-state index in [1.807, 2.05) is 13.8 Å². The maximum absolute atomic E-state index is 12.5. The maximum atomic E-state index is 12.5. The van der Waals surface area contributed by atoms with E-state index in [2.05, 4.69) is 10.6 Å². The molecule has 0 bridgehead atoms. The fourth-order valence-electron chi connectivity index (χ4n) is 3.42. The van der Waals surface area contributed by atoms with Crippen LogP contribution in [0.2, 0.25) is 0 Å². The summed E-state index contributed by atoms with van der Waals surface area (Å²) in [7, 11) is 1.21. The quantitative estimate of drug-likeness (QED) is 0.170. The molecule has 1 rings (SSSR count). The number of ether oxygens (including phenoxy) is 4. The van der Waals surface area contributed by atoms with Crippen molar-refractivity contribution >= 4 is 29.9 Å². The molecule has 1 unspecified atom stereocenters.